The number of benzene rings is 1. The van der Waals surface area contributed by atoms with Gasteiger partial charge in [-0.05, 0) is 31.9 Å². The Kier molecular flexibility index (Phi) is 4.28. The summed E-state index contributed by atoms with van der Waals surface area (Å²) in [6.07, 6.45) is 2.07. The summed E-state index contributed by atoms with van der Waals surface area (Å²) in [6, 6.07) is 5.39. The molecule has 0 aliphatic rings. The number of rotatable bonds is 5. The zero-order valence-electron chi connectivity index (χ0n) is 9.99. The molecule has 16 heavy (non-hydrogen) atoms. The molecule has 88 valence electrons. The van der Waals surface area contributed by atoms with Crippen molar-refractivity contribution in [2.45, 2.75) is 39.7 Å². The Labute approximate surface area is 95.8 Å². The molecule has 0 spiro atoms. The Balaban J connectivity index is 2.92. The third kappa shape index (κ3) is 3.22. The van der Waals surface area contributed by atoms with Crippen molar-refractivity contribution in [3.8, 4) is 0 Å². The summed E-state index contributed by atoms with van der Waals surface area (Å²) in [6.45, 7) is 6.07. The van der Waals surface area contributed by atoms with Gasteiger partial charge in [0.25, 0.3) is 5.69 Å². The van der Waals surface area contributed by atoms with E-state index in [-0.39, 0.29) is 16.7 Å². The molecule has 1 aromatic rings. The summed E-state index contributed by atoms with van der Waals surface area (Å²) in [7, 11) is 0. The van der Waals surface area contributed by atoms with Crippen LogP contribution in [0.25, 0.3) is 0 Å². The predicted molar refractivity (Wildman–Crippen MR) is 65.8 cm³/mol. The highest BCUT2D eigenvalue weighted by Gasteiger charge is 2.14. The number of nitro benzene ring substituents is 1. The van der Waals surface area contributed by atoms with Gasteiger partial charge in [-0.25, -0.2) is 0 Å². The summed E-state index contributed by atoms with van der Waals surface area (Å²) in [5.74, 6) is 0. The second kappa shape index (κ2) is 5.49. The molecule has 0 aliphatic heterocycles. The molecule has 0 saturated heterocycles. The normalized spacial score (nSPS) is 12.2. The van der Waals surface area contributed by atoms with Gasteiger partial charge in [0.05, 0.1) is 4.92 Å². The predicted octanol–water partition coefficient (Wildman–Crippen LogP) is 3.50. The van der Waals surface area contributed by atoms with Crippen LogP contribution in [0.1, 0.15) is 32.3 Å². The third-order valence-corrected chi connectivity index (χ3v) is 2.47. The van der Waals surface area contributed by atoms with Gasteiger partial charge in [-0.3, -0.25) is 10.1 Å². The molecule has 4 heteroatoms. The van der Waals surface area contributed by atoms with Crippen LogP contribution in [-0.4, -0.2) is 11.0 Å². The van der Waals surface area contributed by atoms with Gasteiger partial charge in [0.2, 0.25) is 0 Å². The molecule has 4 nitrogen and oxygen atoms in total. The summed E-state index contributed by atoms with van der Waals surface area (Å²) < 4.78 is 0. The highest BCUT2D eigenvalue weighted by molar-refractivity contribution is 5.63. The molecule has 0 saturated carbocycles. The smallest absolute Gasteiger partial charge is 0.292 e. The molecule has 0 bridgehead atoms. The van der Waals surface area contributed by atoms with Gasteiger partial charge in [0.1, 0.15) is 5.69 Å². The number of anilines is 1. The van der Waals surface area contributed by atoms with Crippen molar-refractivity contribution in [2.75, 3.05) is 5.32 Å². The van der Waals surface area contributed by atoms with Gasteiger partial charge in [-0.15, -0.1) is 0 Å². The largest absolute Gasteiger partial charge is 0.377 e. The van der Waals surface area contributed by atoms with Crippen molar-refractivity contribution in [2.24, 2.45) is 0 Å². The zero-order chi connectivity index (χ0) is 12.1. The molecular weight excluding hydrogens is 204 g/mol. The first-order valence-corrected chi connectivity index (χ1v) is 5.56. The first-order valence-electron chi connectivity index (χ1n) is 5.56. The van der Waals surface area contributed by atoms with E-state index in [4.69, 9.17) is 0 Å². The molecule has 0 fully saturated rings. The van der Waals surface area contributed by atoms with Crippen molar-refractivity contribution in [1.29, 1.82) is 0 Å². The topological polar surface area (TPSA) is 55.2 Å². The van der Waals surface area contributed by atoms with E-state index in [1.54, 1.807) is 12.1 Å². The molecule has 0 radical (unpaired) electrons. The number of nitrogens with zero attached hydrogens (tertiary/aromatic N) is 1. The number of nitrogens with one attached hydrogen (secondary N) is 1. The lowest BCUT2D eigenvalue weighted by Gasteiger charge is -2.14. The summed E-state index contributed by atoms with van der Waals surface area (Å²) >= 11 is 0. The van der Waals surface area contributed by atoms with E-state index in [9.17, 15) is 10.1 Å². The molecule has 1 atom stereocenters. The van der Waals surface area contributed by atoms with Crippen LogP contribution in [0.4, 0.5) is 11.4 Å². The molecule has 1 unspecified atom stereocenters. The van der Waals surface area contributed by atoms with Gasteiger partial charge in [-0.2, -0.15) is 0 Å². The third-order valence-electron chi connectivity index (χ3n) is 2.47. The van der Waals surface area contributed by atoms with Gasteiger partial charge in [0.15, 0.2) is 0 Å². The standard InChI is InChI=1S/C12H18N2O2/c1-4-5-10(3)13-11-8-9(2)6-7-12(11)14(15)16/h6-8,10,13H,4-5H2,1-3H3. The maximum Gasteiger partial charge on any atom is 0.292 e. The fourth-order valence-electron chi connectivity index (χ4n) is 1.70. The van der Waals surface area contributed by atoms with Gasteiger partial charge in [0, 0.05) is 12.1 Å². The average molecular weight is 222 g/mol. The minimum Gasteiger partial charge on any atom is -0.377 e. The highest BCUT2D eigenvalue weighted by atomic mass is 16.6. The monoisotopic (exact) mass is 222 g/mol. The molecule has 0 aromatic heterocycles. The van der Waals surface area contributed by atoms with E-state index in [1.807, 2.05) is 19.9 Å². The molecule has 0 heterocycles. The average Bonchev–Trinajstić information content (AvgIpc) is 2.17. The van der Waals surface area contributed by atoms with Gasteiger partial charge >= 0.3 is 0 Å². The summed E-state index contributed by atoms with van der Waals surface area (Å²) in [5.41, 5.74) is 1.79. The minimum atomic E-state index is -0.347. The fourth-order valence-corrected chi connectivity index (χ4v) is 1.70. The van der Waals surface area contributed by atoms with Crippen molar-refractivity contribution >= 4 is 11.4 Å². The lowest BCUT2D eigenvalue weighted by molar-refractivity contribution is -0.384. The van der Waals surface area contributed by atoms with Crippen LogP contribution in [0.2, 0.25) is 0 Å². The van der Waals surface area contributed by atoms with Crippen molar-refractivity contribution < 1.29 is 4.92 Å². The van der Waals surface area contributed by atoms with Crippen LogP contribution in [0.5, 0.6) is 0 Å². The lowest BCUT2D eigenvalue weighted by atomic mass is 10.1. The van der Waals surface area contributed by atoms with Gasteiger partial charge < -0.3 is 5.32 Å². The maximum absolute atomic E-state index is 10.8. The Morgan fingerprint density at radius 1 is 1.50 bits per heavy atom. The van der Waals surface area contributed by atoms with E-state index < -0.39 is 0 Å². The quantitative estimate of drug-likeness (QED) is 0.612. The lowest BCUT2D eigenvalue weighted by Crippen LogP contribution is -2.15. The SMILES string of the molecule is CCCC(C)Nc1cc(C)ccc1[N+](=O)[O-]. The Morgan fingerprint density at radius 3 is 2.75 bits per heavy atom. The molecule has 1 rings (SSSR count). The van der Waals surface area contributed by atoms with E-state index in [1.165, 1.54) is 0 Å². The van der Waals surface area contributed by atoms with Crippen LogP contribution in [0.3, 0.4) is 0 Å². The van der Waals surface area contributed by atoms with Crippen molar-refractivity contribution in [3.63, 3.8) is 0 Å². The van der Waals surface area contributed by atoms with Crippen molar-refractivity contribution in [1.82, 2.24) is 0 Å². The number of hydrogen-bond donors (Lipinski definition) is 1. The van der Waals surface area contributed by atoms with E-state index >= 15 is 0 Å². The Bertz CT molecular complexity index is 377. The second-order valence-corrected chi connectivity index (χ2v) is 4.11. The Hall–Kier alpha value is -1.58. The maximum atomic E-state index is 10.8. The molecule has 0 aliphatic carbocycles. The number of nitro groups is 1. The minimum absolute atomic E-state index is 0.147. The first kappa shape index (κ1) is 12.5. The van der Waals surface area contributed by atoms with Crippen LogP contribution in [0.15, 0.2) is 18.2 Å². The van der Waals surface area contributed by atoms with Crippen LogP contribution < -0.4 is 5.32 Å². The molecule has 1 N–H and O–H groups in total. The number of hydrogen-bond acceptors (Lipinski definition) is 3. The molecule has 0 amide bonds. The fraction of sp³-hybridized carbons (Fsp3) is 0.500. The first-order chi connectivity index (χ1) is 7.54. The second-order valence-electron chi connectivity index (χ2n) is 4.11. The van der Waals surface area contributed by atoms with Crippen LogP contribution in [0, 0.1) is 17.0 Å². The van der Waals surface area contributed by atoms with E-state index in [0.29, 0.717) is 5.69 Å². The van der Waals surface area contributed by atoms with E-state index in [2.05, 4.69) is 12.2 Å². The zero-order valence-corrected chi connectivity index (χ0v) is 9.99. The highest BCUT2D eigenvalue weighted by Crippen LogP contribution is 2.26. The summed E-state index contributed by atoms with van der Waals surface area (Å²) in [4.78, 5) is 10.5. The number of aryl methyl sites for hydroxylation is 1. The molecular formula is C12H18N2O2. The van der Waals surface area contributed by atoms with Crippen molar-refractivity contribution in [3.05, 3.63) is 33.9 Å². The van der Waals surface area contributed by atoms with Gasteiger partial charge in [-0.1, -0.05) is 19.4 Å². The Morgan fingerprint density at radius 2 is 2.19 bits per heavy atom. The van der Waals surface area contributed by atoms with Crippen LogP contribution in [-0.2, 0) is 0 Å². The van der Waals surface area contributed by atoms with Crippen LogP contribution >= 0.6 is 0 Å². The van der Waals surface area contributed by atoms with E-state index in [0.717, 1.165) is 18.4 Å². The molecule has 1 aromatic carbocycles. The summed E-state index contributed by atoms with van der Waals surface area (Å²) in [5, 5.41) is 14.0.